The summed E-state index contributed by atoms with van der Waals surface area (Å²) in [6, 6.07) is 6.06. The first-order valence-electron chi connectivity index (χ1n) is 8.74. The van der Waals surface area contributed by atoms with Gasteiger partial charge < -0.3 is 14.4 Å². The van der Waals surface area contributed by atoms with Crippen molar-refractivity contribution in [3.8, 4) is 11.5 Å². The number of fused-ring (bicyclic) bond motifs is 1. The lowest BCUT2D eigenvalue weighted by Gasteiger charge is -2.34. The van der Waals surface area contributed by atoms with E-state index in [9.17, 15) is 4.79 Å². The number of carbonyl (C=O) groups excluding carboxylic acids is 1. The van der Waals surface area contributed by atoms with Crippen LogP contribution in [0.3, 0.4) is 0 Å². The molecule has 0 atom stereocenters. The second kappa shape index (κ2) is 7.55. The summed E-state index contributed by atoms with van der Waals surface area (Å²) in [5.74, 6) is 1.79. The van der Waals surface area contributed by atoms with Gasteiger partial charge in [-0.2, -0.15) is 5.10 Å². The molecule has 0 unspecified atom stereocenters. The first kappa shape index (κ1) is 17.2. The van der Waals surface area contributed by atoms with Crippen LogP contribution in [-0.4, -0.2) is 58.5 Å². The summed E-state index contributed by atoms with van der Waals surface area (Å²) < 4.78 is 12.5. The van der Waals surface area contributed by atoms with Crippen LogP contribution in [0.25, 0.3) is 0 Å². The minimum atomic E-state index is 0.166. The third-order valence-electron chi connectivity index (χ3n) is 4.72. The van der Waals surface area contributed by atoms with E-state index in [0.717, 1.165) is 44.2 Å². The number of hydrogen-bond acceptors (Lipinski definition) is 5. The molecular formula is C18H21ClN4O3. The molecule has 0 radical (unpaired) electrons. The molecule has 1 fully saturated rings. The Morgan fingerprint density at radius 1 is 1.15 bits per heavy atom. The maximum Gasteiger partial charge on any atom is 0.231 e. The molecule has 3 heterocycles. The van der Waals surface area contributed by atoms with Crippen molar-refractivity contribution in [2.45, 2.75) is 19.5 Å². The van der Waals surface area contributed by atoms with Crippen LogP contribution in [0.1, 0.15) is 12.0 Å². The predicted octanol–water partition coefficient (Wildman–Crippen LogP) is 2.00. The summed E-state index contributed by atoms with van der Waals surface area (Å²) in [4.78, 5) is 16.7. The predicted molar refractivity (Wildman–Crippen MR) is 96.3 cm³/mol. The number of piperazine rings is 1. The van der Waals surface area contributed by atoms with Crippen LogP contribution in [-0.2, 0) is 17.9 Å². The van der Waals surface area contributed by atoms with Crippen molar-refractivity contribution in [1.29, 1.82) is 0 Å². The molecule has 26 heavy (non-hydrogen) atoms. The lowest BCUT2D eigenvalue weighted by molar-refractivity contribution is -0.133. The Morgan fingerprint density at radius 2 is 1.96 bits per heavy atom. The lowest BCUT2D eigenvalue weighted by atomic mass is 10.1. The third-order valence-corrected chi connectivity index (χ3v) is 4.92. The summed E-state index contributed by atoms with van der Waals surface area (Å²) >= 11 is 5.84. The number of amides is 1. The highest BCUT2D eigenvalue weighted by atomic mass is 35.5. The van der Waals surface area contributed by atoms with Gasteiger partial charge in [-0.3, -0.25) is 14.4 Å². The molecule has 1 saturated heterocycles. The van der Waals surface area contributed by atoms with Crippen LogP contribution < -0.4 is 9.47 Å². The van der Waals surface area contributed by atoms with E-state index in [1.54, 1.807) is 17.1 Å². The number of hydrogen-bond donors (Lipinski definition) is 0. The Labute approximate surface area is 157 Å². The van der Waals surface area contributed by atoms with E-state index in [1.165, 1.54) is 5.56 Å². The van der Waals surface area contributed by atoms with Gasteiger partial charge in [0.15, 0.2) is 11.5 Å². The first-order valence-corrected chi connectivity index (χ1v) is 9.12. The largest absolute Gasteiger partial charge is 0.454 e. The van der Waals surface area contributed by atoms with E-state index >= 15 is 0 Å². The standard InChI is InChI=1S/C18H21ClN4O3/c19-15-10-20-23(12-15)4-3-18(24)22-7-5-21(6-8-22)11-14-1-2-16-17(9-14)26-13-25-16/h1-2,9-10,12H,3-8,11,13H2. The summed E-state index contributed by atoms with van der Waals surface area (Å²) in [6.45, 7) is 4.95. The van der Waals surface area contributed by atoms with Gasteiger partial charge in [0.1, 0.15) is 0 Å². The van der Waals surface area contributed by atoms with Crippen molar-refractivity contribution in [3.05, 3.63) is 41.2 Å². The SMILES string of the molecule is O=C(CCn1cc(Cl)cn1)N1CCN(Cc2ccc3c(c2)OCO3)CC1. The molecule has 2 aromatic rings. The molecule has 7 nitrogen and oxygen atoms in total. The van der Waals surface area contributed by atoms with Gasteiger partial charge in [0.05, 0.1) is 11.2 Å². The second-order valence-electron chi connectivity index (χ2n) is 6.52. The van der Waals surface area contributed by atoms with Gasteiger partial charge in [0.2, 0.25) is 12.7 Å². The van der Waals surface area contributed by atoms with E-state index in [1.807, 2.05) is 17.0 Å². The number of carbonyl (C=O) groups is 1. The minimum absolute atomic E-state index is 0.166. The molecule has 2 aliphatic heterocycles. The van der Waals surface area contributed by atoms with Crippen molar-refractivity contribution < 1.29 is 14.3 Å². The van der Waals surface area contributed by atoms with Gasteiger partial charge >= 0.3 is 0 Å². The summed E-state index contributed by atoms with van der Waals surface area (Å²) in [5.41, 5.74) is 1.20. The zero-order chi connectivity index (χ0) is 17.9. The van der Waals surface area contributed by atoms with E-state index in [0.29, 0.717) is 24.8 Å². The average molecular weight is 377 g/mol. The van der Waals surface area contributed by atoms with Crippen molar-refractivity contribution in [1.82, 2.24) is 19.6 Å². The fourth-order valence-corrected chi connectivity index (χ4v) is 3.44. The maximum absolute atomic E-state index is 12.4. The molecule has 0 N–H and O–H groups in total. The number of nitrogens with zero attached hydrogens (tertiary/aromatic N) is 4. The molecule has 0 spiro atoms. The summed E-state index contributed by atoms with van der Waals surface area (Å²) in [6.07, 6.45) is 3.76. The van der Waals surface area contributed by atoms with Crippen molar-refractivity contribution >= 4 is 17.5 Å². The van der Waals surface area contributed by atoms with Crippen LogP contribution in [0.4, 0.5) is 0 Å². The number of aromatic nitrogens is 2. The molecule has 8 heteroatoms. The number of rotatable bonds is 5. The number of benzene rings is 1. The topological polar surface area (TPSA) is 59.8 Å². The van der Waals surface area contributed by atoms with Crippen LogP contribution in [0.5, 0.6) is 11.5 Å². The monoisotopic (exact) mass is 376 g/mol. The van der Waals surface area contributed by atoms with E-state index in [4.69, 9.17) is 21.1 Å². The van der Waals surface area contributed by atoms with Gasteiger partial charge in [0.25, 0.3) is 0 Å². The Kier molecular flexibility index (Phi) is 4.99. The average Bonchev–Trinajstić information content (AvgIpc) is 3.28. The van der Waals surface area contributed by atoms with Gasteiger partial charge in [0, 0.05) is 51.9 Å². The summed E-state index contributed by atoms with van der Waals surface area (Å²) in [5, 5.41) is 4.70. The van der Waals surface area contributed by atoms with Crippen LogP contribution in [0.15, 0.2) is 30.6 Å². The van der Waals surface area contributed by atoms with Crippen molar-refractivity contribution in [2.24, 2.45) is 0 Å². The number of ether oxygens (including phenoxy) is 2. The zero-order valence-corrected chi connectivity index (χ0v) is 15.2. The van der Waals surface area contributed by atoms with Gasteiger partial charge in [-0.05, 0) is 17.7 Å². The highest BCUT2D eigenvalue weighted by Gasteiger charge is 2.22. The smallest absolute Gasteiger partial charge is 0.231 e. The Balaban J connectivity index is 1.24. The van der Waals surface area contributed by atoms with Crippen molar-refractivity contribution in [3.63, 3.8) is 0 Å². The van der Waals surface area contributed by atoms with Crippen LogP contribution in [0, 0.1) is 0 Å². The molecule has 1 amide bonds. The first-order chi connectivity index (χ1) is 12.7. The molecule has 0 saturated carbocycles. The third kappa shape index (κ3) is 3.94. The minimum Gasteiger partial charge on any atom is -0.454 e. The van der Waals surface area contributed by atoms with Gasteiger partial charge in [-0.15, -0.1) is 0 Å². The molecule has 2 aliphatic rings. The van der Waals surface area contributed by atoms with Crippen LogP contribution >= 0.6 is 11.6 Å². The van der Waals surface area contributed by atoms with Crippen LogP contribution in [0.2, 0.25) is 5.02 Å². The van der Waals surface area contributed by atoms with E-state index in [-0.39, 0.29) is 5.91 Å². The number of halogens is 1. The fourth-order valence-electron chi connectivity index (χ4n) is 3.28. The zero-order valence-electron chi connectivity index (χ0n) is 14.4. The fraction of sp³-hybridized carbons (Fsp3) is 0.444. The Bertz CT molecular complexity index is 786. The molecular weight excluding hydrogens is 356 g/mol. The maximum atomic E-state index is 12.4. The highest BCUT2D eigenvalue weighted by Crippen LogP contribution is 2.32. The Hall–Kier alpha value is -2.25. The molecule has 138 valence electrons. The van der Waals surface area contributed by atoms with E-state index in [2.05, 4.69) is 16.1 Å². The molecule has 4 rings (SSSR count). The number of aryl methyl sites for hydroxylation is 1. The van der Waals surface area contributed by atoms with Gasteiger partial charge in [-0.25, -0.2) is 0 Å². The molecule has 0 bridgehead atoms. The molecule has 1 aromatic carbocycles. The lowest BCUT2D eigenvalue weighted by Crippen LogP contribution is -2.48. The Morgan fingerprint density at radius 3 is 2.73 bits per heavy atom. The summed E-state index contributed by atoms with van der Waals surface area (Å²) in [7, 11) is 0. The van der Waals surface area contributed by atoms with Gasteiger partial charge in [-0.1, -0.05) is 17.7 Å². The molecule has 0 aliphatic carbocycles. The highest BCUT2D eigenvalue weighted by molar-refractivity contribution is 6.30. The quantitative estimate of drug-likeness (QED) is 0.798. The molecule has 1 aromatic heterocycles. The van der Waals surface area contributed by atoms with E-state index < -0.39 is 0 Å². The van der Waals surface area contributed by atoms with Crippen molar-refractivity contribution in [2.75, 3.05) is 33.0 Å². The normalized spacial score (nSPS) is 16.9. The second-order valence-corrected chi connectivity index (χ2v) is 6.95.